The second-order valence-electron chi connectivity index (χ2n) is 3.98. The quantitative estimate of drug-likeness (QED) is 0.844. The maximum Gasteiger partial charge on any atom is 0.318 e. The zero-order valence-electron chi connectivity index (χ0n) is 9.25. The molecule has 17 heavy (non-hydrogen) atoms. The lowest BCUT2D eigenvalue weighted by atomic mass is 9.92. The number of aliphatic carboxylic acids is 1. The van der Waals surface area contributed by atoms with E-state index < -0.39 is 23.1 Å². The normalized spacial score (nSPS) is 11.1. The van der Waals surface area contributed by atoms with Crippen molar-refractivity contribution in [3.05, 3.63) is 28.5 Å². The number of carbonyl (C=O) groups excluding carboxylic acids is 1. The molecule has 1 aromatic carbocycles. The maximum absolute atomic E-state index is 13.4. The minimum atomic E-state index is -1.62. The molecule has 0 radical (unpaired) electrons. The second-order valence-corrected chi connectivity index (χ2v) is 4.84. The van der Waals surface area contributed by atoms with E-state index in [2.05, 4.69) is 21.2 Å². The third-order valence-corrected chi connectivity index (χ3v) is 2.96. The third kappa shape index (κ3) is 2.82. The molecule has 0 heterocycles. The Balaban J connectivity index is 3.00. The maximum atomic E-state index is 13.4. The van der Waals surface area contributed by atoms with Gasteiger partial charge in [0, 0.05) is 4.47 Å². The van der Waals surface area contributed by atoms with Crippen LogP contribution in [0.15, 0.2) is 22.7 Å². The van der Waals surface area contributed by atoms with Crippen LogP contribution in [0.5, 0.6) is 0 Å². The van der Waals surface area contributed by atoms with Crippen molar-refractivity contribution >= 4 is 33.5 Å². The summed E-state index contributed by atoms with van der Waals surface area (Å²) in [6, 6.07) is 4.19. The summed E-state index contributed by atoms with van der Waals surface area (Å²) in [6.07, 6.45) is 0. The number of para-hydroxylation sites is 1. The van der Waals surface area contributed by atoms with Crippen LogP contribution in [0.1, 0.15) is 13.8 Å². The third-order valence-electron chi connectivity index (χ3n) is 2.30. The van der Waals surface area contributed by atoms with E-state index in [0.717, 1.165) is 0 Å². The zero-order chi connectivity index (χ0) is 13.2. The van der Waals surface area contributed by atoms with E-state index in [4.69, 9.17) is 5.11 Å². The van der Waals surface area contributed by atoms with Gasteiger partial charge in [-0.15, -0.1) is 0 Å². The Hall–Kier alpha value is -1.43. The molecule has 0 saturated heterocycles. The summed E-state index contributed by atoms with van der Waals surface area (Å²) < 4.78 is 13.8. The predicted molar refractivity (Wildman–Crippen MR) is 64.1 cm³/mol. The number of carbonyl (C=O) groups is 2. The number of rotatable bonds is 3. The SMILES string of the molecule is CC(C)(C(=O)O)C(=O)Nc1c(F)cccc1Br. The number of hydrogen-bond acceptors (Lipinski definition) is 2. The molecule has 1 rings (SSSR count). The highest BCUT2D eigenvalue weighted by atomic mass is 79.9. The van der Waals surface area contributed by atoms with Crippen molar-refractivity contribution in [2.75, 3.05) is 5.32 Å². The molecular weight excluding hydrogens is 293 g/mol. The lowest BCUT2D eigenvalue weighted by molar-refractivity contribution is -0.151. The molecule has 0 spiro atoms. The predicted octanol–water partition coefficient (Wildman–Crippen LogP) is 2.64. The van der Waals surface area contributed by atoms with Crippen LogP contribution in [0.4, 0.5) is 10.1 Å². The molecule has 1 aromatic rings. The molecule has 0 aromatic heterocycles. The van der Waals surface area contributed by atoms with Gasteiger partial charge in [-0.3, -0.25) is 9.59 Å². The molecule has 0 bridgehead atoms. The van der Waals surface area contributed by atoms with Crippen LogP contribution in [0.2, 0.25) is 0 Å². The number of anilines is 1. The Labute approximate surface area is 106 Å². The first-order chi connectivity index (χ1) is 7.76. The molecule has 2 N–H and O–H groups in total. The number of hydrogen-bond donors (Lipinski definition) is 2. The molecule has 4 nitrogen and oxygen atoms in total. The number of carboxylic acids is 1. The molecule has 0 aliphatic rings. The van der Waals surface area contributed by atoms with Crippen molar-refractivity contribution in [3.8, 4) is 0 Å². The fourth-order valence-corrected chi connectivity index (χ4v) is 1.43. The highest BCUT2D eigenvalue weighted by Crippen LogP contribution is 2.27. The van der Waals surface area contributed by atoms with Gasteiger partial charge in [0.05, 0.1) is 5.69 Å². The Morgan fingerprint density at radius 2 is 2.00 bits per heavy atom. The number of nitrogens with one attached hydrogen (secondary N) is 1. The van der Waals surface area contributed by atoms with Crippen LogP contribution in [0.25, 0.3) is 0 Å². The monoisotopic (exact) mass is 303 g/mol. The molecular formula is C11H11BrFNO3. The molecule has 1 amide bonds. The molecule has 0 atom stereocenters. The Morgan fingerprint density at radius 3 is 2.47 bits per heavy atom. The van der Waals surface area contributed by atoms with E-state index >= 15 is 0 Å². The summed E-state index contributed by atoms with van der Waals surface area (Å²) >= 11 is 3.08. The molecule has 6 heteroatoms. The van der Waals surface area contributed by atoms with Crippen LogP contribution in [0, 0.1) is 11.2 Å². The average molecular weight is 304 g/mol. The average Bonchev–Trinajstić information content (AvgIpc) is 2.23. The standard InChI is InChI=1S/C11H11BrFNO3/c1-11(2,10(16)17)9(15)14-8-6(12)4-3-5-7(8)13/h3-5H,1-2H3,(H,14,15)(H,16,17). The Bertz CT molecular complexity index is 454. The van der Waals surface area contributed by atoms with Crippen molar-refractivity contribution in [2.24, 2.45) is 5.41 Å². The minimum Gasteiger partial charge on any atom is -0.480 e. The first-order valence-electron chi connectivity index (χ1n) is 4.75. The summed E-state index contributed by atoms with van der Waals surface area (Å²) in [7, 11) is 0. The van der Waals surface area contributed by atoms with E-state index in [1.54, 1.807) is 6.07 Å². The van der Waals surface area contributed by atoms with Gasteiger partial charge >= 0.3 is 5.97 Å². The fourth-order valence-electron chi connectivity index (χ4n) is 0.984. The van der Waals surface area contributed by atoms with E-state index in [1.807, 2.05) is 0 Å². The number of amides is 1. The molecule has 92 valence electrons. The van der Waals surface area contributed by atoms with Gasteiger partial charge in [-0.25, -0.2) is 4.39 Å². The first kappa shape index (κ1) is 13.6. The Kier molecular flexibility index (Phi) is 3.87. The van der Waals surface area contributed by atoms with Crippen molar-refractivity contribution in [1.29, 1.82) is 0 Å². The van der Waals surface area contributed by atoms with Crippen LogP contribution >= 0.6 is 15.9 Å². The molecule has 0 aliphatic heterocycles. The molecule has 0 saturated carbocycles. The van der Waals surface area contributed by atoms with Crippen LogP contribution in [-0.4, -0.2) is 17.0 Å². The second kappa shape index (κ2) is 4.83. The summed E-state index contributed by atoms with van der Waals surface area (Å²) in [5.74, 6) is -2.69. The summed E-state index contributed by atoms with van der Waals surface area (Å²) in [5, 5.41) is 11.1. The lowest BCUT2D eigenvalue weighted by Crippen LogP contribution is -2.38. The smallest absolute Gasteiger partial charge is 0.318 e. The lowest BCUT2D eigenvalue weighted by Gasteiger charge is -2.19. The van der Waals surface area contributed by atoms with E-state index in [1.165, 1.54) is 26.0 Å². The van der Waals surface area contributed by atoms with Gasteiger partial charge in [0.15, 0.2) is 0 Å². The number of benzene rings is 1. The zero-order valence-corrected chi connectivity index (χ0v) is 10.8. The highest BCUT2D eigenvalue weighted by Gasteiger charge is 2.36. The van der Waals surface area contributed by atoms with Gasteiger partial charge < -0.3 is 10.4 Å². The molecule has 0 aliphatic carbocycles. The first-order valence-corrected chi connectivity index (χ1v) is 5.55. The summed E-state index contributed by atoms with van der Waals surface area (Å²) in [4.78, 5) is 22.6. The van der Waals surface area contributed by atoms with Gasteiger partial charge in [0.2, 0.25) is 5.91 Å². The number of carboxylic acid groups (broad SMARTS) is 1. The minimum absolute atomic E-state index is 0.0631. The van der Waals surface area contributed by atoms with Crippen molar-refractivity contribution in [3.63, 3.8) is 0 Å². The van der Waals surface area contributed by atoms with Crippen molar-refractivity contribution in [2.45, 2.75) is 13.8 Å². The van der Waals surface area contributed by atoms with E-state index in [9.17, 15) is 14.0 Å². The Morgan fingerprint density at radius 1 is 1.41 bits per heavy atom. The van der Waals surface area contributed by atoms with E-state index in [0.29, 0.717) is 4.47 Å². The fraction of sp³-hybridized carbons (Fsp3) is 0.273. The van der Waals surface area contributed by atoms with Crippen molar-refractivity contribution in [1.82, 2.24) is 0 Å². The highest BCUT2D eigenvalue weighted by molar-refractivity contribution is 9.10. The van der Waals surface area contributed by atoms with Gasteiger partial charge in [0.25, 0.3) is 0 Å². The molecule has 0 fully saturated rings. The van der Waals surface area contributed by atoms with Crippen LogP contribution in [0.3, 0.4) is 0 Å². The van der Waals surface area contributed by atoms with Crippen LogP contribution in [-0.2, 0) is 9.59 Å². The van der Waals surface area contributed by atoms with Gasteiger partial charge in [-0.05, 0) is 41.9 Å². The van der Waals surface area contributed by atoms with Crippen LogP contribution < -0.4 is 5.32 Å². The van der Waals surface area contributed by atoms with E-state index in [-0.39, 0.29) is 5.69 Å². The topological polar surface area (TPSA) is 66.4 Å². The van der Waals surface area contributed by atoms with Gasteiger partial charge in [0.1, 0.15) is 11.2 Å². The largest absolute Gasteiger partial charge is 0.480 e. The van der Waals surface area contributed by atoms with Gasteiger partial charge in [-0.2, -0.15) is 0 Å². The summed E-state index contributed by atoms with van der Waals surface area (Å²) in [6.45, 7) is 2.50. The number of halogens is 2. The molecule has 0 unspecified atom stereocenters. The van der Waals surface area contributed by atoms with Gasteiger partial charge in [-0.1, -0.05) is 6.07 Å². The van der Waals surface area contributed by atoms with Crippen molar-refractivity contribution < 1.29 is 19.1 Å². The summed E-state index contributed by atoms with van der Waals surface area (Å²) in [5.41, 5.74) is -1.69.